The summed E-state index contributed by atoms with van der Waals surface area (Å²) in [5.74, 6) is 0.284. The van der Waals surface area contributed by atoms with Gasteiger partial charge < -0.3 is 15.3 Å². The van der Waals surface area contributed by atoms with Gasteiger partial charge in [-0.1, -0.05) is 23.2 Å². The minimum atomic E-state index is 0.284. The van der Waals surface area contributed by atoms with Crippen molar-refractivity contribution in [3.8, 4) is 5.75 Å². The second kappa shape index (κ2) is 8.97. The van der Waals surface area contributed by atoms with Gasteiger partial charge in [0.05, 0.1) is 10.7 Å². The predicted octanol–water partition coefficient (Wildman–Crippen LogP) is 4.11. The summed E-state index contributed by atoms with van der Waals surface area (Å²) >= 11 is 12.3. The molecule has 2 aromatic rings. The molecule has 2 rings (SSSR count). The van der Waals surface area contributed by atoms with E-state index in [0.717, 1.165) is 29.8 Å². The van der Waals surface area contributed by atoms with Gasteiger partial charge in [0.1, 0.15) is 5.75 Å². The van der Waals surface area contributed by atoms with Gasteiger partial charge in [0.25, 0.3) is 0 Å². The number of benzene rings is 2. The van der Waals surface area contributed by atoms with Crippen LogP contribution in [0.3, 0.4) is 0 Å². The van der Waals surface area contributed by atoms with Crippen LogP contribution in [0.5, 0.6) is 5.75 Å². The summed E-state index contributed by atoms with van der Waals surface area (Å²) in [6.07, 6.45) is 1.49. The third-order valence-electron chi connectivity index (χ3n) is 4.17. The summed E-state index contributed by atoms with van der Waals surface area (Å²) < 4.78 is 0. The molecule has 2 N–H and O–H groups in total. The number of aryl methyl sites for hydroxylation is 2. The van der Waals surface area contributed by atoms with Gasteiger partial charge in [-0.3, -0.25) is 4.79 Å². The van der Waals surface area contributed by atoms with Crippen molar-refractivity contribution in [1.29, 1.82) is 0 Å². The average molecular weight is 381 g/mol. The van der Waals surface area contributed by atoms with Crippen molar-refractivity contribution in [1.82, 2.24) is 5.32 Å². The Balaban J connectivity index is 2.20. The highest BCUT2D eigenvalue weighted by Crippen LogP contribution is 2.29. The van der Waals surface area contributed by atoms with Gasteiger partial charge in [0, 0.05) is 24.7 Å². The first kappa shape index (κ1) is 19.4. The Morgan fingerprint density at radius 1 is 1.12 bits per heavy atom. The minimum Gasteiger partial charge on any atom is -0.508 e. The number of rotatable bonds is 8. The van der Waals surface area contributed by atoms with Gasteiger partial charge >= 0.3 is 0 Å². The Bertz CT molecular complexity index is 727. The number of amides is 1. The van der Waals surface area contributed by atoms with E-state index in [9.17, 15) is 9.90 Å². The molecule has 0 fully saturated rings. The topological polar surface area (TPSA) is 52.6 Å². The third kappa shape index (κ3) is 5.28. The number of carbonyl (C=O) groups is 1. The summed E-state index contributed by atoms with van der Waals surface area (Å²) in [6, 6.07) is 8.96. The standard InChI is InChI=1S/C19H22Cl2N2O2/c1-13-9-16(25)10-14(2)17(13)5-7-23(8-6-22-12-24)19-4-3-15(20)11-18(19)21/h3-4,9-12,25H,5-8H2,1-2H3,(H,22,24). The highest BCUT2D eigenvalue weighted by molar-refractivity contribution is 6.36. The van der Waals surface area contributed by atoms with Crippen LogP contribution in [0.25, 0.3) is 0 Å². The molecular formula is C19H22Cl2N2O2. The number of carbonyl (C=O) groups excluding carboxylic acids is 1. The fourth-order valence-electron chi connectivity index (χ4n) is 2.96. The molecule has 25 heavy (non-hydrogen) atoms. The maximum Gasteiger partial charge on any atom is 0.207 e. The molecule has 0 saturated heterocycles. The second-order valence-electron chi connectivity index (χ2n) is 5.96. The first-order chi connectivity index (χ1) is 11.9. The van der Waals surface area contributed by atoms with Crippen molar-refractivity contribution in [2.24, 2.45) is 0 Å². The zero-order valence-electron chi connectivity index (χ0n) is 14.4. The number of phenols is 1. The number of hydrogen-bond donors (Lipinski definition) is 2. The molecule has 0 aliphatic rings. The smallest absolute Gasteiger partial charge is 0.207 e. The van der Waals surface area contributed by atoms with Crippen LogP contribution in [-0.4, -0.2) is 31.2 Å². The van der Waals surface area contributed by atoms with Gasteiger partial charge in [0.15, 0.2) is 0 Å². The molecule has 0 heterocycles. The molecule has 4 nitrogen and oxygen atoms in total. The lowest BCUT2D eigenvalue weighted by Crippen LogP contribution is -2.33. The Labute approximate surface area is 158 Å². The molecule has 0 saturated carbocycles. The number of halogens is 2. The van der Waals surface area contributed by atoms with E-state index in [0.29, 0.717) is 29.5 Å². The van der Waals surface area contributed by atoms with Gasteiger partial charge in [-0.15, -0.1) is 0 Å². The van der Waals surface area contributed by atoms with Crippen molar-refractivity contribution in [3.63, 3.8) is 0 Å². The van der Waals surface area contributed by atoms with Crippen LogP contribution in [0.4, 0.5) is 5.69 Å². The second-order valence-corrected chi connectivity index (χ2v) is 6.81. The SMILES string of the molecule is Cc1cc(O)cc(C)c1CCN(CCNC=O)c1ccc(Cl)cc1Cl. The number of hydrogen-bond acceptors (Lipinski definition) is 3. The zero-order valence-corrected chi connectivity index (χ0v) is 15.9. The van der Waals surface area contributed by atoms with Crippen molar-refractivity contribution < 1.29 is 9.90 Å². The predicted molar refractivity (Wildman–Crippen MR) is 104 cm³/mol. The molecule has 2 aromatic carbocycles. The van der Waals surface area contributed by atoms with Gasteiger partial charge in [-0.05, 0) is 67.3 Å². The van der Waals surface area contributed by atoms with E-state index >= 15 is 0 Å². The van der Waals surface area contributed by atoms with Gasteiger partial charge in [-0.2, -0.15) is 0 Å². The number of nitrogens with zero attached hydrogens (tertiary/aromatic N) is 1. The minimum absolute atomic E-state index is 0.284. The third-order valence-corrected chi connectivity index (χ3v) is 4.71. The molecule has 0 aromatic heterocycles. The van der Waals surface area contributed by atoms with E-state index < -0.39 is 0 Å². The van der Waals surface area contributed by atoms with Gasteiger partial charge in [0.2, 0.25) is 6.41 Å². The summed E-state index contributed by atoms with van der Waals surface area (Å²) in [4.78, 5) is 12.7. The van der Waals surface area contributed by atoms with E-state index in [2.05, 4.69) is 10.2 Å². The Morgan fingerprint density at radius 3 is 2.40 bits per heavy atom. The van der Waals surface area contributed by atoms with E-state index in [4.69, 9.17) is 23.2 Å². The number of nitrogens with one attached hydrogen (secondary N) is 1. The van der Waals surface area contributed by atoms with Crippen LogP contribution in [0, 0.1) is 13.8 Å². The van der Waals surface area contributed by atoms with Crippen LogP contribution in [-0.2, 0) is 11.2 Å². The van der Waals surface area contributed by atoms with Crippen LogP contribution >= 0.6 is 23.2 Å². The van der Waals surface area contributed by atoms with Crippen molar-refractivity contribution in [2.45, 2.75) is 20.3 Å². The summed E-state index contributed by atoms with van der Waals surface area (Å²) in [5, 5.41) is 13.6. The van der Waals surface area contributed by atoms with Crippen molar-refractivity contribution in [2.75, 3.05) is 24.5 Å². The summed E-state index contributed by atoms with van der Waals surface area (Å²) in [6.45, 7) is 5.88. The largest absolute Gasteiger partial charge is 0.508 e. The highest BCUT2D eigenvalue weighted by Gasteiger charge is 2.13. The van der Waals surface area contributed by atoms with Gasteiger partial charge in [-0.25, -0.2) is 0 Å². The molecule has 0 aliphatic carbocycles. The molecule has 134 valence electrons. The molecule has 0 bridgehead atoms. The first-order valence-electron chi connectivity index (χ1n) is 8.08. The molecular weight excluding hydrogens is 359 g/mol. The number of phenolic OH excluding ortho intramolecular Hbond substituents is 1. The molecule has 0 radical (unpaired) electrons. The maximum absolute atomic E-state index is 10.5. The van der Waals surface area contributed by atoms with E-state index in [1.165, 1.54) is 5.56 Å². The molecule has 0 aliphatic heterocycles. The molecule has 1 amide bonds. The molecule has 0 atom stereocenters. The van der Waals surface area contributed by atoms with Crippen LogP contribution in [0.2, 0.25) is 10.0 Å². The average Bonchev–Trinajstić information content (AvgIpc) is 2.52. The lowest BCUT2D eigenvalue weighted by molar-refractivity contribution is -0.109. The summed E-state index contributed by atoms with van der Waals surface area (Å²) in [5.41, 5.74) is 4.21. The van der Waals surface area contributed by atoms with Crippen LogP contribution in [0.1, 0.15) is 16.7 Å². The monoisotopic (exact) mass is 380 g/mol. The van der Waals surface area contributed by atoms with Crippen molar-refractivity contribution >= 4 is 35.3 Å². The first-order valence-corrected chi connectivity index (χ1v) is 8.84. The van der Waals surface area contributed by atoms with Crippen LogP contribution in [0.15, 0.2) is 30.3 Å². The van der Waals surface area contributed by atoms with E-state index in [-0.39, 0.29) is 5.75 Å². The van der Waals surface area contributed by atoms with Crippen LogP contribution < -0.4 is 10.2 Å². The van der Waals surface area contributed by atoms with Crippen molar-refractivity contribution in [3.05, 3.63) is 57.1 Å². The quantitative estimate of drug-likeness (QED) is 0.535. The lowest BCUT2D eigenvalue weighted by atomic mass is 9.99. The Kier molecular flexibility index (Phi) is 6.97. The number of aromatic hydroxyl groups is 1. The Hall–Kier alpha value is -1.91. The molecule has 0 unspecified atom stereocenters. The van der Waals surface area contributed by atoms with E-state index in [1.54, 1.807) is 24.3 Å². The maximum atomic E-state index is 10.5. The Morgan fingerprint density at radius 2 is 1.80 bits per heavy atom. The number of anilines is 1. The fourth-order valence-corrected chi connectivity index (χ4v) is 3.49. The molecule has 0 spiro atoms. The normalized spacial score (nSPS) is 10.6. The van der Waals surface area contributed by atoms with E-state index in [1.807, 2.05) is 19.9 Å². The highest BCUT2D eigenvalue weighted by atomic mass is 35.5. The summed E-state index contributed by atoms with van der Waals surface area (Å²) in [7, 11) is 0. The molecule has 6 heteroatoms. The lowest BCUT2D eigenvalue weighted by Gasteiger charge is -2.26. The fraction of sp³-hybridized carbons (Fsp3) is 0.316. The zero-order chi connectivity index (χ0) is 18.4.